The molecule has 114 valence electrons. The summed E-state index contributed by atoms with van der Waals surface area (Å²) in [6, 6.07) is 12.0. The van der Waals surface area contributed by atoms with Gasteiger partial charge in [-0.3, -0.25) is 9.78 Å². The topological polar surface area (TPSA) is 45.2 Å². The highest BCUT2D eigenvalue weighted by Crippen LogP contribution is 2.19. The summed E-state index contributed by atoms with van der Waals surface area (Å²) in [5.74, 6) is 0.0301. The lowest BCUT2D eigenvalue weighted by Crippen LogP contribution is -2.28. The average Bonchev–Trinajstić information content (AvgIpc) is 3.09. The lowest BCUT2D eigenvalue weighted by Gasteiger charge is -2.15. The van der Waals surface area contributed by atoms with Crippen LogP contribution in [-0.2, 0) is 6.42 Å². The second-order valence-corrected chi connectivity index (χ2v) is 5.60. The van der Waals surface area contributed by atoms with Gasteiger partial charge in [-0.2, -0.15) is 0 Å². The molecule has 1 amide bonds. The van der Waals surface area contributed by atoms with Crippen LogP contribution in [0.5, 0.6) is 0 Å². The molecule has 1 N–H and O–H groups in total. The summed E-state index contributed by atoms with van der Waals surface area (Å²) < 4.78 is 0. The molecule has 1 aromatic heterocycles. The molecule has 0 atom stereocenters. The summed E-state index contributed by atoms with van der Waals surface area (Å²) in [5, 5.41) is 3.33. The number of likely N-dealkylation sites (tertiary alicyclic amines) is 1. The monoisotopic (exact) mass is 295 g/mol. The van der Waals surface area contributed by atoms with E-state index < -0.39 is 0 Å². The fraction of sp³-hybridized carbons (Fsp3) is 0.333. The van der Waals surface area contributed by atoms with Crippen LogP contribution in [0, 0.1) is 0 Å². The van der Waals surface area contributed by atoms with Gasteiger partial charge in [0.1, 0.15) is 5.69 Å². The molecule has 0 saturated carbocycles. The first-order valence-corrected chi connectivity index (χ1v) is 7.87. The molecule has 1 aliphatic rings. The third-order valence-electron chi connectivity index (χ3n) is 4.02. The van der Waals surface area contributed by atoms with Crippen molar-refractivity contribution in [1.29, 1.82) is 0 Å². The van der Waals surface area contributed by atoms with Crippen LogP contribution >= 0.6 is 0 Å². The SMILES string of the molecule is CCc1ccc(Nc2ccnc(C(=O)N3CCCC3)c2)cc1. The summed E-state index contributed by atoms with van der Waals surface area (Å²) in [6.07, 6.45) is 4.90. The summed E-state index contributed by atoms with van der Waals surface area (Å²) in [7, 11) is 0. The Hall–Kier alpha value is -2.36. The predicted octanol–water partition coefficient (Wildman–Crippen LogP) is 3.62. The molecular formula is C18H21N3O. The van der Waals surface area contributed by atoms with Gasteiger partial charge in [0.2, 0.25) is 0 Å². The third kappa shape index (κ3) is 3.27. The molecule has 0 radical (unpaired) electrons. The zero-order valence-electron chi connectivity index (χ0n) is 12.9. The van der Waals surface area contributed by atoms with Crippen LogP contribution in [-0.4, -0.2) is 28.9 Å². The van der Waals surface area contributed by atoms with Crippen LogP contribution in [0.25, 0.3) is 0 Å². The molecular weight excluding hydrogens is 274 g/mol. The van der Waals surface area contributed by atoms with E-state index in [0.29, 0.717) is 5.69 Å². The highest BCUT2D eigenvalue weighted by atomic mass is 16.2. The molecule has 22 heavy (non-hydrogen) atoms. The number of pyridine rings is 1. The minimum Gasteiger partial charge on any atom is -0.355 e. The number of benzene rings is 1. The molecule has 3 rings (SSSR count). The Morgan fingerprint density at radius 2 is 1.86 bits per heavy atom. The number of aryl methyl sites for hydroxylation is 1. The molecule has 1 aromatic carbocycles. The number of hydrogen-bond acceptors (Lipinski definition) is 3. The summed E-state index contributed by atoms with van der Waals surface area (Å²) in [5.41, 5.74) is 3.73. The minimum atomic E-state index is 0.0301. The predicted molar refractivity (Wildman–Crippen MR) is 88.5 cm³/mol. The Kier molecular flexibility index (Phi) is 4.37. The van der Waals surface area contributed by atoms with Crippen LogP contribution in [0.1, 0.15) is 35.8 Å². The fourth-order valence-corrected chi connectivity index (χ4v) is 2.70. The highest BCUT2D eigenvalue weighted by Gasteiger charge is 2.20. The van der Waals surface area contributed by atoms with Crippen LogP contribution in [0.3, 0.4) is 0 Å². The number of rotatable bonds is 4. The number of aromatic nitrogens is 1. The Bertz CT molecular complexity index is 646. The summed E-state index contributed by atoms with van der Waals surface area (Å²) >= 11 is 0. The maximum Gasteiger partial charge on any atom is 0.272 e. The second kappa shape index (κ2) is 6.60. The van der Waals surface area contributed by atoms with E-state index in [1.165, 1.54) is 5.56 Å². The van der Waals surface area contributed by atoms with E-state index in [2.05, 4.69) is 41.5 Å². The molecule has 4 nitrogen and oxygen atoms in total. The molecule has 1 saturated heterocycles. The number of nitrogens with zero attached hydrogens (tertiary/aromatic N) is 2. The van der Waals surface area contributed by atoms with Crippen molar-refractivity contribution in [1.82, 2.24) is 9.88 Å². The van der Waals surface area contributed by atoms with E-state index >= 15 is 0 Å². The van der Waals surface area contributed by atoms with Gasteiger partial charge in [-0.15, -0.1) is 0 Å². The van der Waals surface area contributed by atoms with Gasteiger partial charge in [0.15, 0.2) is 0 Å². The Morgan fingerprint density at radius 3 is 2.55 bits per heavy atom. The zero-order valence-corrected chi connectivity index (χ0v) is 12.9. The normalized spacial score (nSPS) is 14.1. The van der Waals surface area contributed by atoms with Gasteiger partial charge >= 0.3 is 0 Å². The Morgan fingerprint density at radius 1 is 1.14 bits per heavy atom. The molecule has 0 aliphatic carbocycles. The zero-order chi connectivity index (χ0) is 15.4. The largest absolute Gasteiger partial charge is 0.355 e. The number of nitrogens with one attached hydrogen (secondary N) is 1. The van der Waals surface area contributed by atoms with Gasteiger partial charge in [-0.25, -0.2) is 0 Å². The van der Waals surface area contributed by atoms with Crippen molar-refractivity contribution in [2.24, 2.45) is 0 Å². The Balaban J connectivity index is 1.74. The number of amides is 1. The quantitative estimate of drug-likeness (QED) is 0.937. The molecule has 4 heteroatoms. The van der Waals surface area contributed by atoms with Gasteiger partial charge in [-0.05, 0) is 49.1 Å². The van der Waals surface area contributed by atoms with Crippen LogP contribution in [0.15, 0.2) is 42.6 Å². The van der Waals surface area contributed by atoms with E-state index in [0.717, 1.165) is 43.7 Å². The van der Waals surface area contributed by atoms with Crippen molar-refractivity contribution in [2.45, 2.75) is 26.2 Å². The van der Waals surface area contributed by atoms with Crippen LogP contribution < -0.4 is 5.32 Å². The fourth-order valence-electron chi connectivity index (χ4n) is 2.70. The summed E-state index contributed by atoms with van der Waals surface area (Å²) in [4.78, 5) is 18.5. The van der Waals surface area contributed by atoms with Gasteiger partial charge < -0.3 is 10.2 Å². The smallest absolute Gasteiger partial charge is 0.272 e. The molecule has 0 bridgehead atoms. The van der Waals surface area contributed by atoms with Crippen molar-refractivity contribution in [3.8, 4) is 0 Å². The Labute approximate surface area is 131 Å². The van der Waals surface area contributed by atoms with Crippen molar-refractivity contribution in [2.75, 3.05) is 18.4 Å². The maximum absolute atomic E-state index is 12.4. The highest BCUT2D eigenvalue weighted by molar-refractivity contribution is 5.93. The number of carbonyl (C=O) groups is 1. The lowest BCUT2D eigenvalue weighted by atomic mass is 10.1. The molecule has 2 aromatic rings. The molecule has 2 heterocycles. The second-order valence-electron chi connectivity index (χ2n) is 5.60. The van der Waals surface area contributed by atoms with E-state index in [1.54, 1.807) is 6.20 Å². The number of anilines is 2. The molecule has 1 aliphatic heterocycles. The molecule has 0 unspecified atom stereocenters. The van der Waals surface area contributed by atoms with Gasteiger partial charge in [0, 0.05) is 30.7 Å². The van der Waals surface area contributed by atoms with E-state index in [4.69, 9.17) is 0 Å². The van der Waals surface area contributed by atoms with E-state index in [1.807, 2.05) is 17.0 Å². The maximum atomic E-state index is 12.4. The van der Waals surface area contributed by atoms with Gasteiger partial charge in [0.05, 0.1) is 0 Å². The minimum absolute atomic E-state index is 0.0301. The first kappa shape index (κ1) is 14.6. The first-order valence-electron chi connectivity index (χ1n) is 7.87. The standard InChI is InChI=1S/C18H21N3O/c1-2-14-5-7-15(8-6-14)20-16-9-10-19-17(13-16)18(22)21-11-3-4-12-21/h5-10,13H,2-4,11-12H2,1H3,(H,19,20). The van der Waals surface area contributed by atoms with Crippen molar-refractivity contribution in [3.05, 3.63) is 53.9 Å². The van der Waals surface area contributed by atoms with Crippen molar-refractivity contribution in [3.63, 3.8) is 0 Å². The van der Waals surface area contributed by atoms with Crippen molar-refractivity contribution < 1.29 is 4.79 Å². The van der Waals surface area contributed by atoms with Crippen molar-refractivity contribution >= 4 is 17.3 Å². The summed E-state index contributed by atoms with van der Waals surface area (Å²) in [6.45, 7) is 3.83. The van der Waals surface area contributed by atoms with Gasteiger partial charge in [-0.1, -0.05) is 19.1 Å². The average molecular weight is 295 g/mol. The first-order chi connectivity index (χ1) is 10.8. The molecule has 0 spiro atoms. The van der Waals surface area contributed by atoms with Gasteiger partial charge in [0.25, 0.3) is 5.91 Å². The van der Waals surface area contributed by atoms with Crippen LogP contribution in [0.2, 0.25) is 0 Å². The number of carbonyl (C=O) groups excluding carboxylic acids is 1. The molecule has 1 fully saturated rings. The van der Waals surface area contributed by atoms with E-state index in [-0.39, 0.29) is 5.91 Å². The third-order valence-corrected chi connectivity index (χ3v) is 4.02. The van der Waals surface area contributed by atoms with Crippen LogP contribution in [0.4, 0.5) is 11.4 Å². The number of hydrogen-bond donors (Lipinski definition) is 1. The van der Waals surface area contributed by atoms with E-state index in [9.17, 15) is 4.79 Å². The lowest BCUT2D eigenvalue weighted by molar-refractivity contribution is 0.0787.